The molecule has 0 aromatic carbocycles. The van der Waals surface area contributed by atoms with Gasteiger partial charge in [0.25, 0.3) is 0 Å². The molecule has 0 spiro atoms. The summed E-state index contributed by atoms with van der Waals surface area (Å²) in [5.41, 5.74) is 3.43. The van der Waals surface area contributed by atoms with Crippen molar-refractivity contribution in [3.63, 3.8) is 0 Å². The molecule has 1 aliphatic heterocycles. The molecular formula is C20H25N7. The smallest absolute Gasteiger partial charge is 0.228 e. The lowest BCUT2D eigenvalue weighted by atomic mass is 9.94. The highest BCUT2D eigenvalue weighted by atomic mass is 15.2. The Labute approximate surface area is 159 Å². The van der Waals surface area contributed by atoms with Gasteiger partial charge in [-0.3, -0.25) is 9.58 Å². The molecule has 1 atom stereocenters. The van der Waals surface area contributed by atoms with Gasteiger partial charge in [-0.1, -0.05) is 6.07 Å². The van der Waals surface area contributed by atoms with Crippen LogP contribution in [0.3, 0.4) is 0 Å². The summed E-state index contributed by atoms with van der Waals surface area (Å²) >= 11 is 0. The Bertz CT molecular complexity index is 905. The molecule has 1 saturated heterocycles. The standard InChI is InChI=1S/C20H25N7/c1-15-5-3-8-21-19(15)25-20-22-9-7-18(24-20)17-6-4-10-27(14-17)13-16-11-23-26(2)12-16/h3,5,7-9,11-12,17H,4,6,10,13-14H2,1-2H3,(H,21,22,24,25)/t17-/m1/s1. The maximum Gasteiger partial charge on any atom is 0.228 e. The van der Waals surface area contributed by atoms with E-state index in [1.54, 1.807) is 6.20 Å². The largest absolute Gasteiger partial charge is 0.309 e. The number of aromatic nitrogens is 5. The summed E-state index contributed by atoms with van der Waals surface area (Å²) in [4.78, 5) is 16.0. The van der Waals surface area contributed by atoms with Gasteiger partial charge in [-0.2, -0.15) is 5.10 Å². The summed E-state index contributed by atoms with van der Waals surface area (Å²) in [5, 5.41) is 7.52. The number of hydrogen-bond donors (Lipinski definition) is 1. The first-order chi connectivity index (χ1) is 13.2. The van der Waals surface area contributed by atoms with Crippen LogP contribution < -0.4 is 5.32 Å². The lowest BCUT2D eigenvalue weighted by Gasteiger charge is -2.32. The van der Waals surface area contributed by atoms with Gasteiger partial charge >= 0.3 is 0 Å². The summed E-state index contributed by atoms with van der Waals surface area (Å²) in [6.07, 6.45) is 9.98. The van der Waals surface area contributed by atoms with Crippen LogP contribution >= 0.6 is 0 Å². The van der Waals surface area contributed by atoms with Gasteiger partial charge in [0, 0.05) is 50.2 Å². The minimum atomic E-state index is 0.420. The van der Waals surface area contributed by atoms with Crippen LogP contribution in [-0.2, 0) is 13.6 Å². The van der Waals surface area contributed by atoms with Crippen molar-refractivity contribution in [2.75, 3.05) is 18.4 Å². The highest BCUT2D eigenvalue weighted by Crippen LogP contribution is 2.27. The zero-order valence-electron chi connectivity index (χ0n) is 15.8. The fourth-order valence-corrected chi connectivity index (χ4v) is 3.63. The van der Waals surface area contributed by atoms with Crippen LogP contribution in [0.1, 0.15) is 35.6 Å². The van der Waals surface area contributed by atoms with Crippen molar-refractivity contribution in [1.82, 2.24) is 29.6 Å². The quantitative estimate of drug-likeness (QED) is 0.751. The first-order valence-corrected chi connectivity index (χ1v) is 9.39. The Balaban J connectivity index is 1.45. The van der Waals surface area contributed by atoms with Crippen LogP contribution in [0.4, 0.5) is 11.8 Å². The van der Waals surface area contributed by atoms with Gasteiger partial charge in [-0.25, -0.2) is 15.0 Å². The van der Waals surface area contributed by atoms with Crippen molar-refractivity contribution >= 4 is 11.8 Å². The number of nitrogens with one attached hydrogen (secondary N) is 1. The normalized spacial score (nSPS) is 17.8. The molecule has 0 bridgehead atoms. The van der Waals surface area contributed by atoms with Gasteiger partial charge in [-0.15, -0.1) is 0 Å². The van der Waals surface area contributed by atoms with Gasteiger partial charge < -0.3 is 5.32 Å². The number of rotatable bonds is 5. The summed E-state index contributed by atoms with van der Waals surface area (Å²) in [5.74, 6) is 1.83. The Morgan fingerprint density at radius 1 is 1.22 bits per heavy atom. The van der Waals surface area contributed by atoms with Gasteiger partial charge in [-0.05, 0) is 44.0 Å². The molecule has 1 fully saturated rings. The first kappa shape index (κ1) is 17.6. The molecule has 7 heteroatoms. The van der Waals surface area contributed by atoms with Crippen molar-refractivity contribution in [2.24, 2.45) is 7.05 Å². The highest BCUT2D eigenvalue weighted by Gasteiger charge is 2.23. The lowest BCUT2D eigenvalue weighted by Crippen LogP contribution is -2.34. The Kier molecular flexibility index (Phi) is 5.11. The topological polar surface area (TPSA) is 71.8 Å². The summed E-state index contributed by atoms with van der Waals surface area (Å²) < 4.78 is 1.86. The number of aryl methyl sites for hydroxylation is 2. The number of pyridine rings is 1. The fraction of sp³-hybridized carbons (Fsp3) is 0.400. The van der Waals surface area contributed by atoms with Gasteiger partial charge in [0.05, 0.1) is 11.9 Å². The lowest BCUT2D eigenvalue weighted by molar-refractivity contribution is 0.198. The zero-order valence-corrected chi connectivity index (χ0v) is 15.8. The number of nitrogens with zero attached hydrogens (tertiary/aromatic N) is 6. The second-order valence-corrected chi connectivity index (χ2v) is 7.20. The molecule has 27 heavy (non-hydrogen) atoms. The molecule has 140 valence electrons. The number of likely N-dealkylation sites (tertiary alicyclic amines) is 1. The van der Waals surface area contributed by atoms with E-state index in [2.05, 4.69) is 31.5 Å². The predicted octanol–water partition coefficient (Wildman–Crippen LogP) is 3.04. The number of hydrogen-bond acceptors (Lipinski definition) is 6. The van der Waals surface area contributed by atoms with E-state index in [1.807, 2.05) is 49.2 Å². The number of piperidine rings is 1. The molecule has 0 unspecified atom stereocenters. The fourth-order valence-electron chi connectivity index (χ4n) is 3.63. The van der Waals surface area contributed by atoms with E-state index >= 15 is 0 Å². The van der Waals surface area contributed by atoms with Crippen LogP contribution in [0.25, 0.3) is 0 Å². The van der Waals surface area contributed by atoms with Gasteiger partial charge in [0.1, 0.15) is 5.82 Å². The summed E-state index contributed by atoms with van der Waals surface area (Å²) in [6.45, 7) is 5.09. The van der Waals surface area contributed by atoms with E-state index < -0.39 is 0 Å². The SMILES string of the molecule is Cc1cccnc1Nc1nccc([C@@H]2CCCN(Cc3cnn(C)c3)C2)n1. The van der Waals surface area contributed by atoms with Crippen molar-refractivity contribution in [3.05, 3.63) is 59.8 Å². The molecule has 0 saturated carbocycles. The third-order valence-corrected chi connectivity index (χ3v) is 5.01. The van der Waals surface area contributed by atoms with Crippen LogP contribution in [0.5, 0.6) is 0 Å². The Morgan fingerprint density at radius 2 is 2.15 bits per heavy atom. The zero-order chi connectivity index (χ0) is 18.6. The molecule has 7 nitrogen and oxygen atoms in total. The molecule has 4 rings (SSSR count). The Hall–Kier alpha value is -2.80. The van der Waals surface area contributed by atoms with Crippen LogP contribution in [0.15, 0.2) is 43.0 Å². The third-order valence-electron chi connectivity index (χ3n) is 5.01. The average molecular weight is 363 g/mol. The summed E-state index contributed by atoms with van der Waals surface area (Å²) in [7, 11) is 1.96. The highest BCUT2D eigenvalue weighted by molar-refractivity contribution is 5.52. The van der Waals surface area contributed by atoms with E-state index in [1.165, 1.54) is 12.0 Å². The third kappa shape index (κ3) is 4.31. The molecule has 1 N–H and O–H groups in total. The molecule has 3 aromatic heterocycles. The molecule has 3 aromatic rings. The monoisotopic (exact) mass is 363 g/mol. The molecular weight excluding hydrogens is 338 g/mol. The second kappa shape index (κ2) is 7.84. The van der Waals surface area contributed by atoms with Crippen molar-refractivity contribution in [2.45, 2.75) is 32.2 Å². The summed E-state index contributed by atoms with van der Waals surface area (Å²) in [6, 6.07) is 5.99. The van der Waals surface area contributed by atoms with Gasteiger partial charge in [0.2, 0.25) is 5.95 Å². The van der Waals surface area contributed by atoms with E-state index in [0.29, 0.717) is 11.9 Å². The van der Waals surface area contributed by atoms with Crippen molar-refractivity contribution in [1.29, 1.82) is 0 Å². The van der Waals surface area contributed by atoms with E-state index in [-0.39, 0.29) is 0 Å². The minimum absolute atomic E-state index is 0.420. The molecule has 4 heterocycles. The average Bonchev–Trinajstić information content (AvgIpc) is 3.09. The maximum absolute atomic E-state index is 4.77. The van der Waals surface area contributed by atoms with Gasteiger partial charge in [0.15, 0.2) is 0 Å². The van der Waals surface area contributed by atoms with Crippen molar-refractivity contribution < 1.29 is 0 Å². The molecule has 1 aliphatic rings. The van der Waals surface area contributed by atoms with E-state index in [0.717, 1.165) is 43.1 Å². The second-order valence-electron chi connectivity index (χ2n) is 7.20. The van der Waals surface area contributed by atoms with Crippen LogP contribution in [0.2, 0.25) is 0 Å². The Morgan fingerprint density at radius 3 is 2.96 bits per heavy atom. The molecule has 0 radical (unpaired) electrons. The van der Waals surface area contributed by atoms with Crippen LogP contribution in [-0.4, -0.2) is 42.7 Å². The predicted molar refractivity (Wildman–Crippen MR) is 105 cm³/mol. The van der Waals surface area contributed by atoms with E-state index in [4.69, 9.17) is 4.98 Å². The van der Waals surface area contributed by atoms with E-state index in [9.17, 15) is 0 Å². The minimum Gasteiger partial charge on any atom is -0.309 e. The molecule has 0 aliphatic carbocycles. The van der Waals surface area contributed by atoms with Crippen LogP contribution in [0, 0.1) is 6.92 Å². The number of anilines is 2. The maximum atomic E-state index is 4.77. The van der Waals surface area contributed by atoms with Crippen molar-refractivity contribution in [3.8, 4) is 0 Å². The first-order valence-electron chi connectivity index (χ1n) is 9.39. The molecule has 0 amide bonds.